The van der Waals surface area contributed by atoms with Gasteiger partial charge in [0.05, 0.1) is 19.0 Å². The largest absolute Gasteiger partial charge is 0.500 e. The number of esters is 1. The minimum Gasteiger partial charge on any atom is -0.500 e. The lowest BCUT2D eigenvalue weighted by Gasteiger charge is -2.00. The topological polar surface area (TPSA) is 52.6 Å². The van der Waals surface area contributed by atoms with Gasteiger partial charge < -0.3 is 9.47 Å². The molecule has 0 aliphatic carbocycles. The van der Waals surface area contributed by atoms with Crippen LogP contribution in [0.4, 0.5) is 0 Å². The zero-order valence-electron chi connectivity index (χ0n) is 7.50. The summed E-state index contributed by atoms with van der Waals surface area (Å²) in [4.78, 5) is 21.8. The molecule has 0 aliphatic rings. The molecule has 0 aromatic rings. The number of rotatable bonds is 5. The summed E-state index contributed by atoms with van der Waals surface area (Å²) in [5.41, 5.74) is 0. The lowest BCUT2D eigenvalue weighted by Crippen LogP contribution is -2.15. The van der Waals surface area contributed by atoms with Gasteiger partial charge in [0, 0.05) is 6.08 Å². The number of alkyl halides is 1. The van der Waals surface area contributed by atoms with Crippen molar-refractivity contribution >= 4 is 27.7 Å². The highest BCUT2D eigenvalue weighted by Gasteiger charge is 2.12. The normalized spacial score (nSPS) is 10.8. The molecule has 0 heterocycles. The first-order valence-electron chi connectivity index (χ1n) is 3.67. The molecule has 0 amide bonds. The molecule has 4 nitrogen and oxygen atoms in total. The Balaban J connectivity index is 4.26. The molecule has 0 bridgehead atoms. The smallest absolute Gasteiger partial charge is 0.379 e. The van der Waals surface area contributed by atoms with E-state index in [1.54, 1.807) is 6.92 Å². The molecule has 0 radical (unpaired) electrons. The number of halogens is 1. The fourth-order valence-electron chi connectivity index (χ4n) is 0.559. The SMILES string of the molecule is CCOC(=O)C(=O)/C=C(\CBr)OC. The molecular formula is C8H11BrO4. The molecule has 13 heavy (non-hydrogen) atoms. The highest BCUT2D eigenvalue weighted by Crippen LogP contribution is 2.00. The first kappa shape index (κ1) is 12.2. The monoisotopic (exact) mass is 250 g/mol. The lowest BCUT2D eigenvalue weighted by molar-refractivity contribution is -0.151. The quantitative estimate of drug-likeness (QED) is 0.241. The molecule has 0 atom stereocenters. The fourth-order valence-corrected chi connectivity index (χ4v) is 0.950. The number of carbonyl (C=O) groups is 2. The number of allylic oxidation sites excluding steroid dienone is 1. The predicted octanol–water partition coefficient (Wildman–Crippen LogP) is 1.04. The predicted molar refractivity (Wildman–Crippen MR) is 50.5 cm³/mol. The zero-order chi connectivity index (χ0) is 10.3. The van der Waals surface area contributed by atoms with E-state index < -0.39 is 11.8 Å². The maximum atomic E-state index is 11.0. The van der Waals surface area contributed by atoms with Crippen molar-refractivity contribution in [2.45, 2.75) is 6.92 Å². The van der Waals surface area contributed by atoms with Crippen LogP contribution in [0.3, 0.4) is 0 Å². The molecule has 0 fully saturated rings. The number of carbonyl (C=O) groups excluding carboxylic acids is 2. The molecule has 0 aliphatic heterocycles. The van der Waals surface area contributed by atoms with E-state index in [-0.39, 0.29) is 6.61 Å². The molecule has 0 N–H and O–H groups in total. The molecule has 0 rings (SSSR count). The summed E-state index contributed by atoms with van der Waals surface area (Å²) >= 11 is 3.09. The third-order valence-electron chi connectivity index (χ3n) is 1.16. The first-order chi connectivity index (χ1) is 6.15. The Kier molecular flexibility index (Phi) is 6.22. The molecule has 0 aromatic carbocycles. The van der Waals surface area contributed by atoms with Gasteiger partial charge in [-0.1, -0.05) is 15.9 Å². The number of hydrogen-bond donors (Lipinski definition) is 0. The van der Waals surface area contributed by atoms with Crippen molar-refractivity contribution in [2.24, 2.45) is 0 Å². The number of hydrogen-bond acceptors (Lipinski definition) is 4. The van der Waals surface area contributed by atoms with E-state index >= 15 is 0 Å². The second-order valence-electron chi connectivity index (χ2n) is 2.03. The Labute approximate surface area is 85.0 Å². The molecule has 0 spiro atoms. The van der Waals surface area contributed by atoms with E-state index in [9.17, 15) is 9.59 Å². The van der Waals surface area contributed by atoms with Crippen LogP contribution in [0, 0.1) is 0 Å². The maximum absolute atomic E-state index is 11.0. The van der Waals surface area contributed by atoms with Crippen molar-refractivity contribution in [1.82, 2.24) is 0 Å². The summed E-state index contributed by atoms with van der Waals surface area (Å²) in [6.07, 6.45) is 1.10. The van der Waals surface area contributed by atoms with Crippen molar-refractivity contribution < 1.29 is 19.1 Å². The van der Waals surface area contributed by atoms with Crippen LogP contribution >= 0.6 is 15.9 Å². The van der Waals surface area contributed by atoms with E-state index in [1.165, 1.54) is 7.11 Å². The number of ether oxygens (including phenoxy) is 2. The van der Waals surface area contributed by atoms with Gasteiger partial charge in [0.1, 0.15) is 5.76 Å². The Morgan fingerprint density at radius 1 is 1.46 bits per heavy atom. The van der Waals surface area contributed by atoms with Gasteiger partial charge in [0.15, 0.2) is 0 Å². The van der Waals surface area contributed by atoms with Gasteiger partial charge in [-0.2, -0.15) is 0 Å². The second-order valence-corrected chi connectivity index (χ2v) is 2.59. The summed E-state index contributed by atoms with van der Waals surface area (Å²) in [6.45, 7) is 1.83. The molecular weight excluding hydrogens is 240 g/mol. The minimum atomic E-state index is -0.863. The van der Waals surface area contributed by atoms with Crippen molar-refractivity contribution in [3.63, 3.8) is 0 Å². The lowest BCUT2D eigenvalue weighted by atomic mass is 10.3. The van der Waals surface area contributed by atoms with Gasteiger partial charge in [0.2, 0.25) is 0 Å². The van der Waals surface area contributed by atoms with Crippen LogP contribution in [0.1, 0.15) is 6.92 Å². The average Bonchev–Trinajstić information content (AvgIpc) is 2.14. The van der Waals surface area contributed by atoms with Gasteiger partial charge in [-0.3, -0.25) is 4.79 Å². The highest BCUT2D eigenvalue weighted by atomic mass is 79.9. The van der Waals surface area contributed by atoms with E-state index in [0.29, 0.717) is 11.1 Å². The highest BCUT2D eigenvalue weighted by molar-refractivity contribution is 9.09. The van der Waals surface area contributed by atoms with E-state index in [2.05, 4.69) is 20.7 Å². The van der Waals surface area contributed by atoms with Crippen molar-refractivity contribution in [3.8, 4) is 0 Å². The van der Waals surface area contributed by atoms with Crippen LogP contribution in [0.2, 0.25) is 0 Å². The van der Waals surface area contributed by atoms with Crippen LogP contribution < -0.4 is 0 Å². The summed E-state index contributed by atoms with van der Waals surface area (Å²) in [6, 6.07) is 0. The van der Waals surface area contributed by atoms with Crippen LogP contribution in [0.15, 0.2) is 11.8 Å². The maximum Gasteiger partial charge on any atom is 0.379 e. The fraction of sp³-hybridized carbons (Fsp3) is 0.500. The Morgan fingerprint density at radius 2 is 2.08 bits per heavy atom. The second kappa shape index (κ2) is 6.65. The summed E-state index contributed by atoms with van der Waals surface area (Å²) in [5, 5.41) is 0.384. The third-order valence-corrected chi connectivity index (χ3v) is 1.72. The Hall–Kier alpha value is -0.840. The molecule has 74 valence electrons. The standard InChI is InChI=1S/C8H11BrO4/c1-3-13-8(11)7(10)4-6(5-9)12-2/h4H,3,5H2,1-2H3/b6-4+. The van der Waals surface area contributed by atoms with Crippen LogP contribution in [-0.2, 0) is 19.1 Å². The van der Waals surface area contributed by atoms with Gasteiger partial charge >= 0.3 is 5.97 Å². The van der Waals surface area contributed by atoms with Crippen LogP contribution in [0.5, 0.6) is 0 Å². The van der Waals surface area contributed by atoms with Gasteiger partial charge in [-0.15, -0.1) is 0 Å². The first-order valence-corrected chi connectivity index (χ1v) is 4.79. The molecule has 0 saturated carbocycles. The number of ketones is 1. The average molecular weight is 251 g/mol. The third kappa shape index (κ3) is 4.67. The van der Waals surface area contributed by atoms with Gasteiger partial charge in [0.25, 0.3) is 5.78 Å². The zero-order valence-corrected chi connectivity index (χ0v) is 9.09. The minimum absolute atomic E-state index is 0.190. The van der Waals surface area contributed by atoms with Crippen LogP contribution in [-0.4, -0.2) is 30.8 Å². The summed E-state index contributed by atoms with van der Waals surface area (Å²) in [5.74, 6) is -1.19. The molecule has 0 unspecified atom stereocenters. The van der Waals surface area contributed by atoms with Crippen molar-refractivity contribution in [1.29, 1.82) is 0 Å². The Morgan fingerprint density at radius 3 is 2.46 bits per heavy atom. The van der Waals surface area contributed by atoms with Gasteiger partial charge in [-0.05, 0) is 6.92 Å². The molecule has 0 saturated heterocycles. The van der Waals surface area contributed by atoms with Gasteiger partial charge in [-0.25, -0.2) is 4.79 Å². The number of methoxy groups -OCH3 is 1. The van der Waals surface area contributed by atoms with Crippen molar-refractivity contribution in [2.75, 3.05) is 19.0 Å². The van der Waals surface area contributed by atoms with Crippen LogP contribution in [0.25, 0.3) is 0 Å². The molecule has 5 heteroatoms. The Bertz CT molecular complexity index is 216. The summed E-state index contributed by atoms with van der Waals surface area (Å²) in [7, 11) is 1.42. The van der Waals surface area contributed by atoms with E-state index in [1.807, 2.05) is 0 Å². The summed E-state index contributed by atoms with van der Waals surface area (Å²) < 4.78 is 9.27. The van der Waals surface area contributed by atoms with E-state index in [4.69, 9.17) is 4.74 Å². The van der Waals surface area contributed by atoms with Crippen molar-refractivity contribution in [3.05, 3.63) is 11.8 Å². The van der Waals surface area contributed by atoms with E-state index in [0.717, 1.165) is 6.08 Å². The molecule has 0 aromatic heterocycles.